The lowest BCUT2D eigenvalue weighted by molar-refractivity contribution is -0.118. The monoisotopic (exact) mass is 487 g/mol. The minimum atomic E-state index is -0.280. The number of aromatic nitrogens is 2. The Labute approximate surface area is 198 Å². The molecule has 0 unspecified atom stereocenters. The van der Waals surface area contributed by atoms with Gasteiger partial charge in [-0.25, -0.2) is 9.37 Å². The summed E-state index contributed by atoms with van der Waals surface area (Å²) in [6, 6.07) is 13.5. The second-order valence-electron chi connectivity index (χ2n) is 6.82. The maximum absolute atomic E-state index is 13.2. The van der Waals surface area contributed by atoms with E-state index in [9.17, 15) is 9.18 Å². The molecule has 164 valence electrons. The van der Waals surface area contributed by atoms with Crippen LogP contribution in [0.5, 0.6) is 5.75 Å². The maximum Gasteiger partial charge on any atom is 0.229 e. The Morgan fingerprint density at radius 1 is 1.22 bits per heavy atom. The third-order valence-electron chi connectivity index (χ3n) is 4.66. The van der Waals surface area contributed by atoms with E-state index in [0.29, 0.717) is 40.1 Å². The Balaban J connectivity index is 1.58. The molecule has 2 aromatic carbocycles. The van der Waals surface area contributed by atoms with E-state index < -0.39 is 0 Å². The zero-order valence-electron chi connectivity index (χ0n) is 17.1. The van der Waals surface area contributed by atoms with Crippen LogP contribution in [-0.2, 0) is 11.3 Å². The Morgan fingerprint density at radius 3 is 2.75 bits per heavy atom. The molecule has 0 fully saturated rings. The van der Waals surface area contributed by atoms with Crippen LogP contribution in [0.1, 0.15) is 12.0 Å². The van der Waals surface area contributed by atoms with Gasteiger partial charge in [0.1, 0.15) is 17.1 Å². The van der Waals surface area contributed by atoms with Crippen molar-refractivity contribution in [3.63, 3.8) is 0 Å². The van der Waals surface area contributed by atoms with Crippen LogP contribution in [0.4, 0.5) is 9.52 Å². The van der Waals surface area contributed by atoms with Crippen molar-refractivity contribution in [2.75, 3.05) is 17.8 Å². The molecule has 0 bridgehead atoms. The van der Waals surface area contributed by atoms with Gasteiger partial charge in [0.2, 0.25) is 5.91 Å². The van der Waals surface area contributed by atoms with E-state index in [2.05, 4.69) is 9.97 Å². The average Bonchev–Trinajstić information content (AvgIpc) is 3.26. The molecule has 5 nitrogen and oxygen atoms in total. The zero-order valence-corrected chi connectivity index (χ0v) is 19.5. The first-order valence-electron chi connectivity index (χ1n) is 9.76. The predicted molar refractivity (Wildman–Crippen MR) is 128 cm³/mol. The minimum absolute atomic E-state index is 0.0717. The van der Waals surface area contributed by atoms with E-state index in [0.717, 1.165) is 15.2 Å². The van der Waals surface area contributed by atoms with Gasteiger partial charge in [-0.1, -0.05) is 29.0 Å². The van der Waals surface area contributed by atoms with Crippen molar-refractivity contribution < 1.29 is 13.9 Å². The van der Waals surface area contributed by atoms with Crippen molar-refractivity contribution in [1.29, 1.82) is 0 Å². The highest BCUT2D eigenvalue weighted by Crippen LogP contribution is 2.39. The molecule has 0 saturated heterocycles. The van der Waals surface area contributed by atoms with Crippen molar-refractivity contribution in [3.8, 4) is 5.75 Å². The zero-order chi connectivity index (χ0) is 22.5. The number of halogens is 2. The Kier molecular flexibility index (Phi) is 7.24. The van der Waals surface area contributed by atoms with Gasteiger partial charge in [-0.05, 0) is 48.0 Å². The van der Waals surface area contributed by atoms with E-state index in [1.165, 1.54) is 35.2 Å². The maximum atomic E-state index is 13.2. The van der Waals surface area contributed by atoms with Gasteiger partial charge in [-0.3, -0.25) is 14.7 Å². The first-order valence-corrected chi connectivity index (χ1v) is 11.9. The van der Waals surface area contributed by atoms with E-state index in [-0.39, 0.29) is 11.7 Å². The number of anilines is 1. The highest BCUT2D eigenvalue weighted by molar-refractivity contribution is 7.99. The van der Waals surface area contributed by atoms with Gasteiger partial charge in [0.05, 0.1) is 23.4 Å². The van der Waals surface area contributed by atoms with Crippen LogP contribution < -0.4 is 9.64 Å². The summed E-state index contributed by atoms with van der Waals surface area (Å²) >= 11 is 9.24. The molecule has 4 rings (SSSR count). The summed E-state index contributed by atoms with van der Waals surface area (Å²) in [5.41, 5.74) is 1.52. The molecular weight excluding hydrogens is 469 g/mol. The smallest absolute Gasteiger partial charge is 0.229 e. The fraction of sp³-hybridized carbons (Fsp3) is 0.174. The molecule has 0 saturated carbocycles. The molecule has 1 amide bonds. The number of fused-ring (bicyclic) bond motifs is 1. The van der Waals surface area contributed by atoms with Crippen LogP contribution in [0, 0.1) is 5.82 Å². The van der Waals surface area contributed by atoms with Crippen molar-refractivity contribution >= 4 is 56.0 Å². The minimum Gasteiger partial charge on any atom is -0.494 e. The molecule has 32 heavy (non-hydrogen) atoms. The molecule has 0 aliphatic rings. The van der Waals surface area contributed by atoms with E-state index >= 15 is 0 Å². The Bertz CT molecular complexity index is 1220. The molecule has 0 aliphatic carbocycles. The summed E-state index contributed by atoms with van der Waals surface area (Å²) in [6.07, 6.45) is 3.72. The van der Waals surface area contributed by atoms with E-state index in [1.54, 1.807) is 48.7 Å². The molecule has 0 N–H and O–H groups in total. The molecule has 2 heterocycles. The van der Waals surface area contributed by atoms with Gasteiger partial charge in [0.15, 0.2) is 5.13 Å². The number of nitrogens with zero attached hydrogens (tertiary/aromatic N) is 3. The average molecular weight is 488 g/mol. The number of benzene rings is 2. The number of rotatable bonds is 8. The summed E-state index contributed by atoms with van der Waals surface area (Å²) in [7, 11) is 1.58. The van der Waals surface area contributed by atoms with E-state index in [1.807, 2.05) is 12.1 Å². The van der Waals surface area contributed by atoms with Crippen LogP contribution in [0.2, 0.25) is 5.02 Å². The van der Waals surface area contributed by atoms with Gasteiger partial charge in [-0.2, -0.15) is 0 Å². The number of hydrogen-bond donors (Lipinski definition) is 0. The second-order valence-corrected chi connectivity index (χ2v) is 9.37. The summed E-state index contributed by atoms with van der Waals surface area (Å²) in [4.78, 5) is 24.6. The number of amides is 1. The van der Waals surface area contributed by atoms with Gasteiger partial charge in [0, 0.05) is 29.5 Å². The van der Waals surface area contributed by atoms with Crippen LogP contribution in [0.3, 0.4) is 0 Å². The topological polar surface area (TPSA) is 55.3 Å². The van der Waals surface area contributed by atoms with Crippen LogP contribution in [-0.4, -0.2) is 28.7 Å². The predicted octanol–water partition coefficient (Wildman–Crippen LogP) is 6.21. The van der Waals surface area contributed by atoms with E-state index in [4.69, 9.17) is 16.3 Å². The lowest BCUT2D eigenvalue weighted by Gasteiger charge is -2.20. The summed E-state index contributed by atoms with van der Waals surface area (Å²) in [5, 5.41) is 1.11. The molecule has 0 radical (unpaired) electrons. The number of pyridine rings is 1. The number of hydrogen-bond acceptors (Lipinski definition) is 6. The third kappa shape index (κ3) is 5.20. The lowest BCUT2D eigenvalue weighted by atomic mass is 10.2. The van der Waals surface area contributed by atoms with Gasteiger partial charge in [0.25, 0.3) is 0 Å². The van der Waals surface area contributed by atoms with Gasteiger partial charge >= 0.3 is 0 Å². The summed E-state index contributed by atoms with van der Waals surface area (Å²) < 4.78 is 19.3. The normalized spacial score (nSPS) is 11.0. The molecule has 9 heteroatoms. The molecule has 0 atom stereocenters. The Morgan fingerprint density at radius 2 is 2.03 bits per heavy atom. The fourth-order valence-corrected chi connectivity index (χ4v) is 5.19. The number of carbonyl (C=O) groups is 1. The summed E-state index contributed by atoms with van der Waals surface area (Å²) in [6.45, 7) is 0.341. The third-order valence-corrected chi connectivity index (χ3v) is 7.21. The molecule has 0 aliphatic heterocycles. The van der Waals surface area contributed by atoms with Crippen molar-refractivity contribution in [2.24, 2.45) is 0 Å². The summed E-state index contributed by atoms with van der Waals surface area (Å²) in [5.74, 6) is 0.811. The molecule has 4 aromatic rings. The van der Waals surface area contributed by atoms with Crippen LogP contribution in [0.25, 0.3) is 10.2 Å². The van der Waals surface area contributed by atoms with Gasteiger partial charge < -0.3 is 4.74 Å². The van der Waals surface area contributed by atoms with Gasteiger partial charge in [-0.15, -0.1) is 11.8 Å². The van der Waals surface area contributed by atoms with Crippen molar-refractivity contribution in [2.45, 2.75) is 17.9 Å². The molecule has 2 aromatic heterocycles. The van der Waals surface area contributed by atoms with Crippen molar-refractivity contribution in [1.82, 2.24) is 9.97 Å². The quantitative estimate of drug-likeness (QED) is 0.277. The Hall–Kier alpha value is -2.68. The number of thioether (sulfide) groups is 1. The molecule has 0 spiro atoms. The first kappa shape index (κ1) is 22.5. The highest BCUT2D eigenvalue weighted by atomic mass is 35.5. The number of thiazole rings is 1. The number of carbonyl (C=O) groups excluding carboxylic acids is 1. The fourth-order valence-electron chi connectivity index (χ4n) is 3.08. The highest BCUT2D eigenvalue weighted by Gasteiger charge is 2.22. The first-order chi connectivity index (χ1) is 15.5. The number of ether oxygens (including phenoxy) is 1. The molecular formula is C23H19ClFN3O2S2. The standard InChI is InChI=1S/C23H19ClFN3O2S2/c1-30-19-9-8-18(24)22-21(19)27-23(32-22)28(14-15-3-2-11-26-13-15)20(29)10-12-31-17-6-4-16(25)5-7-17/h2-9,11,13H,10,12,14H2,1H3. The van der Waals surface area contributed by atoms with Crippen LogP contribution in [0.15, 0.2) is 65.8 Å². The lowest BCUT2D eigenvalue weighted by Crippen LogP contribution is -2.30. The van der Waals surface area contributed by atoms with Crippen molar-refractivity contribution in [3.05, 3.63) is 77.3 Å². The largest absolute Gasteiger partial charge is 0.494 e. The van der Waals surface area contributed by atoms with Crippen LogP contribution >= 0.6 is 34.7 Å². The number of methoxy groups -OCH3 is 1. The SMILES string of the molecule is COc1ccc(Cl)c2sc(N(Cc3cccnc3)C(=O)CCSc3ccc(F)cc3)nc12. The second kappa shape index (κ2) is 10.3.